The molecule has 0 fully saturated rings. The van der Waals surface area contributed by atoms with Crippen LogP contribution in [0.1, 0.15) is 13.8 Å². The lowest BCUT2D eigenvalue weighted by Gasteiger charge is -2.11. The van der Waals surface area contributed by atoms with Crippen LogP contribution < -0.4 is 15.4 Å². The number of amides is 2. The van der Waals surface area contributed by atoms with E-state index in [2.05, 4.69) is 31.3 Å². The van der Waals surface area contributed by atoms with Crippen molar-refractivity contribution in [2.24, 2.45) is 5.92 Å². The van der Waals surface area contributed by atoms with Gasteiger partial charge >= 0.3 is 6.03 Å². The molecule has 0 atom stereocenters. The molecule has 0 bridgehead atoms. The molecule has 134 valence electrons. The van der Waals surface area contributed by atoms with Crippen molar-refractivity contribution >= 4 is 43.4 Å². The fraction of sp³-hybridized carbons (Fsp3) is 0.235. The second-order valence-electron chi connectivity index (χ2n) is 5.84. The number of hydrogen-bond acceptors (Lipinski definition) is 3. The van der Waals surface area contributed by atoms with Crippen LogP contribution in [0.25, 0.3) is 0 Å². The molecule has 0 saturated carbocycles. The molecule has 8 heteroatoms. The fourth-order valence-electron chi connectivity index (χ4n) is 1.94. The Morgan fingerprint density at radius 1 is 1.08 bits per heavy atom. The first-order valence-electron chi connectivity index (χ1n) is 7.70. The lowest BCUT2D eigenvalue weighted by Crippen LogP contribution is -2.31. The van der Waals surface area contributed by atoms with Gasteiger partial charge in [0.05, 0.1) is 10.6 Å². The van der Waals surface area contributed by atoms with E-state index in [1.165, 1.54) is 12.1 Å². The second kappa shape index (κ2) is 8.35. The summed E-state index contributed by atoms with van der Waals surface area (Å²) < 4.78 is 28.0. The zero-order valence-electron chi connectivity index (χ0n) is 13.9. The summed E-state index contributed by atoms with van der Waals surface area (Å²) in [7, 11) is -3.71. The smallest absolute Gasteiger partial charge is 0.319 e. The molecule has 2 aromatic carbocycles. The normalized spacial score (nSPS) is 11.2. The van der Waals surface area contributed by atoms with Crippen LogP contribution in [0, 0.1) is 5.92 Å². The molecule has 2 amide bonds. The van der Waals surface area contributed by atoms with Gasteiger partial charge in [0.15, 0.2) is 0 Å². The third kappa shape index (κ3) is 5.75. The quantitative estimate of drug-likeness (QED) is 0.652. The van der Waals surface area contributed by atoms with Crippen LogP contribution in [0.4, 0.5) is 16.2 Å². The number of sulfonamides is 1. The predicted octanol–water partition coefficient (Wildman–Crippen LogP) is 4.03. The predicted molar refractivity (Wildman–Crippen MR) is 103 cm³/mol. The van der Waals surface area contributed by atoms with Crippen molar-refractivity contribution in [1.82, 2.24) is 5.32 Å². The van der Waals surface area contributed by atoms with Crippen LogP contribution >= 0.6 is 15.9 Å². The van der Waals surface area contributed by atoms with Gasteiger partial charge in [0.25, 0.3) is 10.0 Å². The van der Waals surface area contributed by atoms with E-state index >= 15 is 0 Å². The van der Waals surface area contributed by atoms with Gasteiger partial charge in [-0.3, -0.25) is 4.72 Å². The number of carbonyl (C=O) groups excluding carboxylic acids is 1. The number of nitrogens with one attached hydrogen (secondary N) is 3. The maximum absolute atomic E-state index is 12.4. The summed E-state index contributed by atoms with van der Waals surface area (Å²) in [6.45, 7) is 4.56. The number of urea groups is 1. The molecule has 0 aromatic heterocycles. The molecular formula is C17H20BrN3O3S. The first kappa shape index (κ1) is 19.3. The third-order valence-electron chi connectivity index (χ3n) is 3.21. The van der Waals surface area contributed by atoms with E-state index in [0.717, 1.165) is 0 Å². The number of anilines is 2. The highest BCUT2D eigenvalue weighted by Crippen LogP contribution is 2.24. The average Bonchev–Trinajstić information content (AvgIpc) is 2.55. The van der Waals surface area contributed by atoms with Crippen LogP contribution in [0.5, 0.6) is 0 Å². The molecule has 0 aliphatic carbocycles. The Morgan fingerprint density at radius 2 is 1.72 bits per heavy atom. The number of halogens is 1. The van der Waals surface area contributed by atoms with Gasteiger partial charge in [-0.1, -0.05) is 26.0 Å². The second-order valence-corrected chi connectivity index (χ2v) is 8.38. The van der Waals surface area contributed by atoms with E-state index < -0.39 is 10.0 Å². The Morgan fingerprint density at radius 3 is 2.32 bits per heavy atom. The number of benzene rings is 2. The van der Waals surface area contributed by atoms with Gasteiger partial charge in [0, 0.05) is 16.7 Å². The van der Waals surface area contributed by atoms with Crippen LogP contribution in [0.3, 0.4) is 0 Å². The molecule has 0 saturated heterocycles. The van der Waals surface area contributed by atoms with E-state index in [4.69, 9.17) is 0 Å². The standard InChI is InChI=1S/C17H20BrN3O3S/c1-12(2)11-19-17(22)20-13-7-9-14(10-8-13)25(23,24)21-16-6-4-3-5-15(16)18/h3-10,12,21H,11H2,1-2H3,(H2,19,20,22). The first-order chi connectivity index (χ1) is 11.8. The monoisotopic (exact) mass is 425 g/mol. The summed E-state index contributed by atoms with van der Waals surface area (Å²) in [6, 6.07) is 12.6. The van der Waals surface area contributed by atoms with Crippen LogP contribution in [-0.4, -0.2) is 21.0 Å². The molecule has 2 rings (SSSR count). The highest BCUT2D eigenvalue weighted by molar-refractivity contribution is 9.10. The summed E-state index contributed by atoms with van der Waals surface area (Å²) in [5.41, 5.74) is 0.971. The molecular weight excluding hydrogens is 406 g/mol. The first-order valence-corrected chi connectivity index (χ1v) is 9.98. The lowest BCUT2D eigenvalue weighted by atomic mass is 10.2. The Bertz CT molecular complexity index is 836. The SMILES string of the molecule is CC(C)CNC(=O)Nc1ccc(S(=O)(=O)Nc2ccccc2Br)cc1. The Hall–Kier alpha value is -2.06. The zero-order chi connectivity index (χ0) is 18.4. The topological polar surface area (TPSA) is 87.3 Å². The van der Waals surface area contributed by atoms with Crippen molar-refractivity contribution in [2.75, 3.05) is 16.6 Å². The molecule has 25 heavy (non-hydrogen) atoms. The molecule has 0 heterocycles. The number of hydrogen-bond donors (Lipinski definition) is 3. The third-order valence-corrected chi connectivity index (χ3v) is 5.28. The van der Waals surface area contributed by atoms with Gasteiger partial charge in [-0.15, -0.1) is 0 Å². The minimum atomic E-state index is -3.71. The van der Waals surface area contributed by atoms with Crippen molar-refractivity contribution in [2.45, 2.75) is 18.7 Å². The Balaban J connectivity index is 2.06. The minimum Gasteiger partial charge on any atom is -0.338 e. The largest absolute Gasteiger partial charge is 0.338 e. The highest BCUT2D eigenvalue weighted by atomic mass is 79.9. The van der Waals surface area contributed by atoms with Crippen molar-refractivity contribution in [3.63, 3.8) is 0 Å². The van der Waals surface area contributed by atoms with Gasteiger partial charge in [-0.2, -0.15) is 0 Å². The molecule has 0 radical (unpaired) electrons. The van der Waals surface area contributed by atoms with E-state index in [1.54, 1.807) is 36.4 Å². The van der Waals surface area contributed by atoms with Gasteiger partial charge < -0.3 is 10.6 Å². The number of carbonyl (C=O) groups is 1. The number of rotatable bonds is 6. The van der Waals surface area contributed by atoms with Crippen molar-refractivity contribution < 1.29 is 13.2 Å². The maximum Gasteiger partial charge on any atom is 0.319 e. The molecule has 0 unspecified atom stereocenters. The van der Waals surface area contributed by atoms with Crippen LogP contribution in [0.2, 0.25) is 0 Å². The van der Waals surface area contributed by atoms with Crippen molar-refractivity contribution in [3.05, 3.63) is 53.0 Å². The van der Waals surface area contributed by atoms with Crippen LogP contribution in [0.15, 0.2) is 57.9 Å². The summed E-state index contributed by atoms with van der Waals surface area (Å²) >= 11 is 3.30. The molecule has 0 aliphatic rings. The van der Waals surface area contributed by atoms with Gasteiger partial charge in [-0.05, 0) is 58.2 Å². The van der Waals surface area contributed by atoms with Crippen molar-refractivity contribution in [3.8, 4) is 0 Å². The lowest BCUT2D eigenvalue weighted by molar-refractivity contribution is 0.251. The molecule has 6 nitrogen and oxygen atoms in total. The van der Waals surface area contributed by atoms with Gasteiger partial charge in [0.1, 0.15) is 0 Å². The summed E-state index contributed by atoms with van der Waals surface area (Å²) in [4.78, 5) is 11.8. The zero-order valence-corrected chi connectivity index (χ0v) is 16.3. The van der Waals surface area contributed by atoms with E-state index in [0.29, 0.717) is 28.3 Å². The summed E-state index contributed by atoms with van der Waals surface area (Å²) in [5, 5.41) is 5.39. The van der Waals surface area contributed by atoms with Gasteiger partial charge in [0.2, 0.25) is 0 Å². The highest BCUT2D eigenvalue weighted by Gasteiger charge is 2.15. The van der Waals surface area contributed by atoms with E-state index in [9.17, 15) is 13.2 Å². The van der Waals surface area contributed by atoms with E-state index in [1.807, 2.05) is 13.8 Å². The molecule has 2 aromatic rings. The Kier molecular flexibility index (Phi) is 6.44. The maximum atomic E-state index is 12.4. The average molecular weight is 426 g/mol. The van der Waals surface area contributed by atoms with Crippen molar-refractivity contribution in [1.29, 1.82) is 0 Å². The molecule has 0 spiro atoms. The minimum absolute atomic E-state index is 0.108. The summed E-state index contributed by atoms with van der Waals surface area (Å²) in [6.07, 6.45) is 0. The van der Waals surface area contributed by atoms with Gasteiger partial charge in [-0.25, -0.2) is 13.2 Å². The Labute approximate surface area is 156 Å². The fourth-order valence-corrected chi connectivity index (χ4v) is 3.53. The number of para-hydroxylation sites is 1. The van der Waals surface area contributed by atoms with E-state index in [-0.39, 0.29) is 10.9 Å². The molecule has 3 N–H and O–H groups in total. The summed E-state index contributed by atoms with van der Waals surface area (Å²) in [5.74, 6) is 0.349. The molecule has 0 aliphatic heterocycles. The van der Waals surface area contributed by atoms with Crippen LogP contribution in [-0.2, 0) is 10.0 Å².